The molecule has 0 radical (unpaired) electrons. The molecule has 0 amide bonds. The van der Waals surface area contributed by atoms with E-state index >= 15 is 0 Å². The van der Waals surface area contributed by atoms with Crippen LogP contribution in [0.3, 0.4) is 0 Å². The maximum Gasteiger partial charge on any atom is 0.538 e. The summed E-state index contributed by atoms with van der Waals surface area (Å²) in [5.41, 5.74) is 0. The van der Waals surface area contributed by atoms with E-state index in [9.17, 15) is 17.4 Å². The van der Waals surface area contributed by atoms with Crippen molar-refractivity contribution in [2.24, 2.45) is 0 Å². The molecule has 5 heteroatoms. The number of halogens is 4. The van der Waals surface area contributed by atoms with Gasteiger partial charge in [0, 0.05) is 6.42 Å². The van der Waals surface area contributed by atoms with Crippen LogP contribution in [0.25, 0.3) is 0 Å². The summed E-state index contributed by atoms with van der Waals surface area (Å²) in [7, 11) is -2.61. The van der Waals surface area contributed by atoms with Gasteiger partial charge in [0.25, 0.3) is 0 Å². The molecule has 0 saturated carbocycles. The van der Waals surface area contributed by atoms with Crippen molar-refractivity contribution >= 4 is 7.27 Å². The van der Waals surface area contributed by atoms with E-state index in [-0.39, 0.29) is 0 Å². The second-order valence-corrected chi connectivity index (χ2v) is 2.00. The lowest BCUT2D eigenvalue weighted by Crippen LogP contribution is -2.11. The molecule has 0 nitrogen and oxygen atoms in total. The third kappa shape index (κ3) is 7.78. The molecule has 0 aliphatic heterocycles. The average Bonchev–Trinajstić information content (AvgIpc) is 1.59. The summed E-state index contributed by atoms with van der Waals surface area (Å²) >= 11 is 0. The molecule has 54 valence electrons. The van der Waals surface area contributed by atoms with Gasteiger partial charge >= 0.3 is 7.27 Å². The molecule has 0 saturated heterocycles. The number of rotatable bonds is 3. The molecular weight excluding hydrogens is 135 g/mol. The maximum absolute atomic E-state index is 11.7. The predicted molar refractivity (Wildman–Crippen MR) is 28.0 cm³/mol. The lowest BCUT2D eigenvalue weighted by Gasteiger charge is -2.06. The van der Waals surface area contributed by atoms with Crippen LogP contribution < -0.4 is 0 Å². The number of hydrogen-bond donors (Lipinski definition) is 0. The van der Waals surface area contributed by atoms with Gasteiger partial charge in [0.2, 0.25) is 5.92 Å². The Balaban J connectivity index is 3.28. The molecule has 0 N–H and O–H groups in total. The summed E-state index contributed by atoms with van der Waals surface area (Å²) in [4.78, 5) is 0. The van der Waals surface area contributed by atoms with Crippen LogP contribution >= 0.6 is 0 Å². The van der Waals surface area contributed by atoms with Crippen molar-refractivity contribution in [1.29, 1.82) is 0 Å². The van der Waals surface area contributed by atoms with Gasteiger partial charge in [-0.2, -0.15) is 0 Å². The van der Waals surface area contributed by atoms with Crippen molar-refractivity contribution in [3.8, 4) is 0 Å². The van der Waals surface area contributed by atoms with Crippen molar-refractivity contribution in [2.45, 2.75) is 25.6 Å². The predicted octanol–water partition coefficient (Wildman–Crippen LogP) is 2.46. The minimum absolute atomic E-state index is 0.634. The number of hydrogen-bond acceptors (Lipinski definition) is 0. The minimum atomic E-state index is -2.95. The van der Waals surface area contributed by atoms with Gasteiger partial charge in [0.05, 0.1) is 0 Å². The van der Waals surface area contributed by atoms with E-state index in [1.807, 2.05) is 0 Å². The zero-order valence-electron chi connectivity index (χ0n) is 5.00. The standard InChI is InChI=1S/C4H7BF4/c1-4(6,7)2-3-5(8)9/h2-3H2,1H3. The second-order valence-electron chi connectivity index (χ2n) is 2.00. The Kier molecular flexibility index (Phi) is 3.01. The molecule has 0 aliphatic carbocycles. The van der Waals surface area contributed by atoms with Crippen LogP contribution in [0, 0.1) is 0 Å². The largest absolute Gasteiger partial charge is 0.538 e. The van der Waals surface area contributed by atoms with Gasteiger partial charge in [0.15, 0.2) is 0 Å². The molecule has 0 aromatic rings. The van der Waals surface area contributed by atoms with E-state index in [4.69, 9.17) is 0 Å². The lowest BCUT2D eigenvalue weighted by molar-refractivity contribution is 0.0173. The Hall–Kier alpha value is -0.215. The minimum Gasteiger partial charge on any atom is -0.287 e. The van der Waals surface area contributed by atoms with Crippen LogP contribution in [0.2, 0.25) is 6.32 Å². The van der Waals surface area contributed by atoms with Crippen molar-refractivity contribution in [3.05, 3.63) is 0 Å². The second kappa shape index (κ2) is 3.08. The molecule has 0 aliphatic rings. The van der Waals surface area contributed by atoms with E-state index in [2.05, 4.69) is 0 Å². The van der Waals surface area contributed by atoms with E-state index in [1.165, 1.54) is 0 Å². The SMILES string of the molecule is CC(F)(F)CCB(F)F. The van der Waals surface area contributed by atoms with E-state index < -0.39 is 25.9 Å². The Morgan fingerprint density at radius 2 is 1.78 bits per heavy atom. The zero-order valence-corrected chi connectivity index (χ0v) is 5.00. The molecule has 0 aromatic heterocycles. The summed E-state index contributed by atoms with van der Waals surface area (Å²) in [6.45, 7) is 0.634. The van der Waals surface area contributed by atoms with Crippen LogP contribution in [0.15, 0.2) is 0 Å². The summed E-state index contributed by atoms with van der Waals surface area (Å²) in [6.07, 6.45) is -1.45. The molecule has 0 bridgehead atoms. The van der Waals surface area contributed by atoms with Crippen LogP contribution in [0.5, 0.6) is 0 Å². The molecule has 0 aromatic carbocycles. The Bertz CT molecular complexity index is 77.1. The molecular formula is C4H7BF4. The first-order valence-electron chi connectivity index (χ1n) is 2.58. The molecule has 0 unspecified atom stereocenters. The normalized spacial score (nSPS) is 11.7. The quantitative estimate of drug-likeness (QED) is 0.419. The highest BCUT2D eigenvalue weighted by Crippen LogP contribution is 2.20. The fourth-order valence-electron chi connectivity index (χ4n) is 0.363. The van der Waals surface area contributed by atoms with Gasteiger partial charge in [-0.3, -0.25) is 8.63 Å². The summed E-state index contributed by atoms with van der Waals surface area (Å²) < 4.78 is 46.0. The highest BCUT2D eigenvalue weighted by molar-refractivity contribution is 6.42. The van der Waals surface area contributed by atoms with Crippen LogP contribution in [-0.2, 0) is 0 Å². The molecule has 0 atom stereocenters. The topological polar surface area (TPSA) is 0 Å². The molecule has 0 heterocycles. The first-order chi connectivity index (χ1) is 3.92. The van der Waals surface area contributed by atoms with Gasteiger partial charge in [0.1, 0.15) is 0 Å². The third-order valence-electron chi connectivity index (χ3n) is 0.802. The molecule has 9 heavy (non-hydrogen) atoms. The fourth-order valence-corrected chi connectivity index (χ4v) is 0.363. The third-order valence-corrected chi connectivity index (χ3v) is 0.802. The van der Waals surface area contributed by atoms with Crippen molar-refractivity contribution in [2.75, 3.05) is 0 Å². The highest BCUT2D eigenvalue weighted by atomic mass is 19.3. The average molecular weight is 142 g/mol. The first kappa shape index (κ1) is 8.78. The van der Waals surface area contributed by atoms with Crippen molar-refractivity contribution in [3.63, 3.8) is 0 Å². The van der Waals surface area contributed by atoms with Gasteiger partial charge in [-0.15, -0.1) is 0 Å². The van der Waals surface area contributed by atoms with Crippen LogP contribution in [0.1, 0.15) is 13.3 Å². The van der Waals surface area contributed by atoms with Crippen molar-refractivity contribution < 1.29 is 17.4 Å². The molecule has 0 rings (SSSR count). The van der Waals surface area contributed by atoms with Gasteiger partial charge in [-0.1, -0.05) is 0 Å². The Morgan fingerprint density at radius 1 is 1.33 bits per heavy atom. The van der Waals surface area contributed by atoms with Gasteiger partial charge in [-0.25, -0.2) is 8.78 Å². The van der Waals surface area contributed by atoms with E-state index in [1.54, 1.807) is 0 Å². The van der Waals surface area contributed by atoms with Crippen LogP contribution in [-0.4, -0.2) is 13.2 Å². The van der Waals surface area contributed by atoms with E-state index in [0.29, 0.717) is 6.92 Å². The van der Waals surface area contributed by atoms with Gasteiger partial charge in [-0.05, 0) is 13.2 Å². The maximum atomic E-state index is 11.7. The lowest BCUT2D eigenvalue weighted by atomic mass is 9.89. The summed E-state index contributed by atoms with van der Waals surface area (Å²) in [6, 6.07) is 0. The van der Waals surface area contributed by atoms with E-state index in [0.717, 1.165) is 0 Å². The first-order valence-corrected chi connectivity index (χ1v) is 2.58. The van der Waals surface area contributed by atoms with Crippen LogP contribution in [0.4, 0.5) is 17.4 Å². The summed E-state index contributed by atoms with van der Waals surface area (Å²) in [5.74, 6) is -2.95. The Morgan fingerprint density at radius 3 is 1.89 bits per heavy atom. The molecule has 0 fully saturated rings. The zero-order chi connectivity index (χ0) is 7.49. The monoisotopic (exact) mass is 142 g/mol. The van der Waals surface area contributed by atoms with Crippen molar-refractivity contribution in [1.82, 2.24) is 0 Å². The number of alkyl halides is 2. The smallest absolute Gasteiger partial charge is 0.287 e. The van der Waals surface area contributed by atoms with Gasteiger partial charge < -0.3 is 0 Å². The Labute approximate surface area is 51.4 Å². The fraction of sp³-hybridized carbons (Fsp3) is 1.00. The molecule has 0 spiro atoms. The summed E-state index contributed by atoms with van der Waals surface area (Å²) in [5, 5.41) is 0. The highest BCUT2D eigenvalue weighted by Gasteiger charge is 2.25.